The third kappa shape index (κ3) is 3.55. The highest BCUT2D eigenvalue weighted by atomic mass is 19.1. The van der Waals surface area contributed by atoms with E-state index < -0.39 is 11.2 Å². The number of hydrogen-bond donors (Lipinski definition) is 1. The van der Waals surface area contributed by atoms with Gasteiger partial charge in [-0.3, -0.25) is 9.36 Å². The lowest BCUT2D eigenvalue weighted by molar-refractivity contribution is 0.432. The number of nitrogens with zero attached hydrogens (tertiary/aromatic N) is 3. The molecule has 0 bridgehead atoms. The fraction of sp³-hybridized carbons (Fsp3) is 0.0435. The van der Waals surface area contributed by atoms with Crippen LogP contribution in [0.5, 0.6) is 0 Å². The van der Waals surface area contributed by atoms with Crippen molar-refractivity contribution in [1.29, 1.82) is 0 Å². The third-order valence-electron chi connectivity index (χ3n) is 4.94. The lowest BCUT2D eigenvalue weighted by atomic mass is 10.1. The van der Waals surface area contributed by atoms with Crippen molar-refractivity contribution in [2.45, 2.75) is 6.54 Å². The number of hydrogen-bond acceptors (Lipinski definition) is 5. The minimum atomic E-state index is -0.561. The van der Waals surface area contributed by atoms with Crippen LogP contribution in [0.15, 0.2) is 86.9 Å². The zero-order valence-electron chi connectivity index (χ0n) is 16.1. The van der Waals surface area contributed by atoms with Gasteiger partial charge in [0.15, 0.2) is 0 Å². The fourth-order valence-corrected chi connectivity index (χ4v) is 3.35. The van der Waals surface area contributed by atoms with Crippen molar-refractivity contribution in [3.05, 3.63) is 105 Å². The maximum atomic E-state index is 13.1. The summed E-state index contributed by atoms with van der Waals surface area (Å²) in [7, 11) is 0. The van der Waals surface area contributed by atoms with Crippen LogP contribution in [0, 0.1) is 5.82 Å². The number of nitrogens with one attached hydrogen (secondary N) is 1. The van der Waals surface area contributed by atoms with Crippen molar-refractivity contribution in [1.82, 2.24) is 19.7 Å². The second-order valence-corrected chi connectivity index (χ2v) is 7.00. The Morgan fingerprint density at radius 1 is 0.935 bits per heavy atom. The number of benzene rings is 3. The molecule has 7 nitrogen and oxygen atoms in total. The molecule has 3 aromatic carbocycles. The standard InChI is InChI=1S/C23H15FN4O3/c24-17-9-6-14(7-10-17)13-28-22(29)18-11-8-16(12-19(18)25-23(28)30)21-26-20(27-31-21)15-4-2-1-3-5-15/h1-12H,13H2,(H,25,30). The van der Waals surface area contributed by atoms with E-state index >= 15 is 0 Å². The molecule has 0 amide bonds. The molecule has 5 aromatic rings. The molecule has 0 unspecified atom stereocenters. The molecule has 2 aromatic heterocycles. The maximum Gasteiger partial charge on any atom is 0.329 e. The number of fused-ring (bicyclic) bond motifs is 1. The topological polar surface area (TPSA) is 93.8 Å². The van der Waals surface area contributed by atoms with Crippen LogP contribution in [-0.4, -0.2) is 19.7 Å². The van der Waals surface area contributed by atoms with Crippen LogP contribution in [0.1, 0.15) is 5.56 Å². The summed E-state index contributed by atoms with van der Waals surface area (Å²) in [6, 6.07) is 20.0. The molecule has 0 aliphatic rings. The number of halogens is 1. The highest BCUT2D eigenvalue weighted by Gasteiger charge is 2.14. The summed E-state index contributed by atoms with van der Waals surface area (Å²) in [5.41, 5.74) is 1.40. The SMILES string of the molecule is O=c1[nH]c2cc(-c3nc(-c4ccccc4)no3)ccc2c(=O)n1Cc1ccc(F)cc1. The minimum absolute atomic E-state index is 0.0379. The maximum absolute atomic E-state index is 13.1. The van der Waals surface area contributed by atoms with E-state index in [0.29, 0.717) is 27.9 Å². The molecular weight excluding hydrogens is 399 g/mol. The molecule has 8 heteroatoms. The van der Waals surface area contributed by atoms with E-state index in [0.717, 1.165) is 10.1 Å². The summed E-state index contributed by atoms with van der Waals surface area (Å²) < 4.78 is 19.6. The van der Waals surface area contributed by atoms with Gasteiger partial charge >= 0.3 is 5.69 Å². The van der Waals surface area contributed by atoms with Crippen molar-refractivity contribution in [2.75, 3.05) is 0 Å². The fourth-order valence-electron chi connectivity index (χ4n) is 3.35. The van der Waals surface area contributed by atoms with Crippen LogP contribution in [0.2, 0.25) is 0 Å². The van der Waals surface area contributed by atoms with E-state index in [4.69, 9.17) is 4.52 Å². The van der Waals surface area contributed by atoms with Crippen LogP contribution in [0.3, 0.4) is 0 Å². The van der Waals surface area contributed by atoms with Gasteiger partial charge in [0.25, 0.3) is 11.4 Å². The average molecular weight is 414 g/mol. The highest BCUT2D eigenvalue weighted by Crippen LogP contribution is 2.23. The van der Waals surface area contributed by atoms with E-state index in [1.807, 2.05) is 30.3 Å². The summed E-state index contributed by atoms with van der Waals surface area (Å²) in [4.78, 5) is 32.5. The van der Waals surface area contributed by atoms with Gasteiger partial charge in [0.05, 0.1) is 17.4 Å². The predicted molar refractivity (Wildman–Crippen MR) is 113 cm³/mol. The van der Waals surface area contributed by atoms with Crippen LogP contribution < -0.4 is 11.2 Å². The Bertz CT molecular complexity index is 1500. The van der Waals surface area contributed by atoms with Gasteiger partial charge in [0, 0.05) is 11.1 Å². The molecule has 5 rings (SSSR count). The Labute approximate surface area is 174 Å². The minimum Gasteiger partial charge on any atom is -0.334 e. The van der Waals surface area contributed by atoms with Gasteiger partial charge in [-0.05, 0) is 35.9 Å². The van der Waals surface area contributed by atoms with Crippen molar-refractivity contribution in [2.24, 2.45) is 0 Å². The predicted octanol–water partition coefficient (Wildman–Crippen LogP) is 3.59. The van der Waals surface area contributed by atoms with E-state index in [1.54, 1.807) is 18.2 Å². The number of H-pyrrole nitrogens is 1. The molecule has 0 aliphatic carbocycles. The highest BCUT2D eigenvalue weighted by molar-refractivity contribution is 5.82. The van der Waals surface area contributed by atoms with E-state index in [-0.39, 0.29) is 18.3 Å². The van der Waals surface area contributed by atoms with Crippen molar-refractivity contribution in [3.8, 4) is 22.8 Å². The monoisotopic (exact) mass is 414 g/mol. The Balaban J connectivity index is 1.53. The number of aromatic amines is 1. The summed E-state index contributed by atoms with van der Waals surface area (Å²) in [6.45, 7) is 0.0379. The zero-order valence-corrected chi connectivity index (χ0v) is 16.1. The van der Waals surface area contributed by atoms with Gasteiger partial charge in [-0.2, -0.15) is 4.98 Å². The van der Waals surface area contributed by atoms with Crippen molar-refractivity contribution < 1.29 is 8.91 Å². The second-order valence-electron chi connectivity index (χ2n) is 7.00. The summed E-state index contributed by atoms with van der Waals surface area (Å²) in [5.74, 6) is 0.337. The number of rotatable bonds is 4. The first-order chi connectivity index (χ1) is 15.1. The first-order valence-electron chi connectivity index (χ1n) is 9.49. The lowest BCUT2D eigenvalue weighted by Gasteiger charge is -2.07. The third-order valence-corrected chi connectivity index (χ3v) is 4.94. The van der Waals surface area contributed by atoms with Gasteiger partial charge in [0.2, 0.25) is 5.82 Å². The largest absolute Gasteiger partial charge is 0.334 e. The van der Waals surface area contributed by atoms with Gasteiger partial charge in [-0.1, -0.05) is 47.6 Å². The molecule has 0 atom stereocenters. The van der Waals surface area contributed by atoms with Crippen LogP contribution in [-0.2, 0) is 6.54 Å². The normalized spacial score (nSPS) is 11.1. The molecule has 0 aliphatic heterocycles. The van der Waals surface area contributed by atoms with Crippen molar-refractivity contribution in [3.63, 3.8) is 0 Å². The summed E-state index contributed by atoms with van der Waals surface area (Å²) >= 11 is 0. The average Bonchev–Trinajstić information content (AvgIpc) is 3.28. The molecule has 1 N–H and O–H groups in total. The van der Waals surface area contributed by atoms with Gasteiger partial charge in [-0.15, -0.1) is 0 Å². The Hall–Kier alpha value is -4.33. The Morgan fingerprint density at radius 3 is 2.48 bits per heavy atom. The summed E-state index contributed by atoms with van der Waals surface area (Å²) in [5, 5.41) is 4.34. The van der Waals surface area contributed by atoms with Gasteiger partial charge in [-0.25, -0.2) is 9.18 Å². The summed E-state index contributed by atoms with van der Waals surface area (Å²) in [6.07, 6.45) is 0. The van der Waals surface area contributed by atoms with Crippen molar-refractivity contribution >= 4 is 10.9 Å². The zero-order chi connectivity index (χ0) is 21.4. The molecule has 0 saturated heterocycles. The van der Waals surface area contributed by atoms with Crippen LogP contribution in [0.4, 0.5) is 4.39 Å². The molecule has 152 valence electrons. The van der Waals surface area contributed by atoms with E-state index in [1.165, 1.54) is 24.3 Å². The van der Waals surface area contributed by atoms with Gasteiger partial charge in [0.1, 0.15) is 5.82 Å². The molecular formula is C23H15FN4O3. The lowest BCUT2D eigenvalue weighted by Crippen LogP contribution is -2.35. The first kappa shape index (κ1) is 18.7. The Morgan fingerprint density at radius 2 is 1.71 bits per heavy atom. The molecule has 0 saturated carbocycles. The molecule has 0 radical (unpaired) electrons. The molecule has 0 fully saturated rings. The van der Waals surface area contributed by atoms with E-state index in [9.17, 15) is 14.0 Å². The Kier molecular flexibility index (Phi) is 4.51. The molecule has 31 heavy (non-hydrogen) atoms. The number of aromatic nitrogens is 4. The molecule has 0 spiro atoms. The second kappa shape index (κ2) is 7.49. The van der Waals surface area contributed by atoms with Crippen LogP contribution in [0.25, 0.3) is 33.7 Å². The van der Waals surface area contributed by atoms with Gasteiger partial charge < -0.3 is 9.51 Å². The smallest absolute Gasteiger partial charge is 0.329 e. The first-order valence-corrected chi connectivity index (χ1v) is 9.49. The molecule has 2 heterocycles. The quantitative estimate of drug-likeness (QED) is 0.485. The van der Waals surface area contributed by atoms with E-state index in [2.05, 4.69) is 15.1 Å². The van der Waals surface area contributed by atoms with Crippen LogP contribution >= 0.6 is 0 Å².